The number of ether oxygens (including phenoxy) is 2. The lowest BCUT2D eigenvalue weighted by molar-refractivity contribution is -0.140. The third-order valence-corrected chi connectivity index (χ3v) is 5.65. The first-order valence-electron chi connectivity index (χ1n) is 10.9. The fourth-order valence-electron chi connectivity index (χ4n) is 4.06. The van der Waals surface area contributed by atoms with E-state index in [2.05, 4.69) is 0 Å². The summed E-state index contributed by atoms with van der Waals surface area (Å²) in [5.74, 6) is -0.743. The Morgan fingerprint density at radius 2 is 1.78 bits per heavy atom. The van der Waals surface area contributed by atoms with E-state index in [-0.39, 0.29) is 17.4 Å². The smallest absolute Gasteiger partial charge is 0.295 e. The van der Waals surface area contributed by atoms with E-state index in [0.717, 1.165) is 16.7 Å². The van der Waals surface area contributed by atoms with Crippen LogP contribution in [0.4, 0.5) is 0 Å². The minimum absolute atomic E-state index is 0.0941. The van der Waals surface area contributed by atoms with Crippen molar-refractivity contribution in [3.05, 3.63) is 70.3 Å². The fourth-order valence-corrected chi connectivity index (χ4v) is 4.06. The maximum atomic E-state index is 13.1. The largest absolute Gasteiger partial charge is 0.507 e. The van der Waals surface area contributed by atoms with Crippen LogP contribution in [0.2, 0.25) is 0 Å². The number of hydrogen-bond acceptors (Lipinski definition) is 5. The van der Waals surface area contributed by atoms with Crippen LogP contribution in [-0.2, 0) is 14.3 Å². The van der Waals surface area contributed by atoms with Gasteiger partial charge in [-0.3, -0.25) is 9.59 Å². The van der Waals surface area contributed by atoms with Gasteiger partial charge >= 0.3 is 0 Å². The second kappa shape index (κ2) is 10.0. The summed E-state index contributed by atoms with van der Waals surface area (Å²) >= 11 is 0. The van der Waals surface area contributed by atoms with Crippen molar-refractivity contribution in [2.24, 2.45) is 0 Å². The van der Waals surface area contributed by atoms with Gasteiger partial charge in [0.05, 0.1) is 24.8 Å². The maximum Gasteiger partial charge on any atom is 0.295 e. The highest BCUT2D eigenvalue weighted by Crippen LogP contribution is 2.40. The Morgan fingerprint density at radius 3 is 2.41 bits per heavy atom. The third-order valence-electron chi connectivity index (χ3n) is 5.65. The van der Waals surface area contributed by atoms with Gasteiger partial charge in [-0.15, -0.1) is 0 Å². The molecule has 0 bridgehead atoms. The van der Waals surface area contributed by atoms with E-state index in [1.54, 1.807) is 18.1 Å². The first-order chi connectivity index (χ1) is 15.3. The van der Waals surface area contributed by atoms with Crippen LogP contribution < -0.4 is 4.74 Å². The standard InChI is InChI=1S/C26H31NO5/c1-16(2)32-13-9-12-27-23(19-10-7-6-8-11-19)22(25(29)26(27)30)24(28)20-14-18(4)21(31-5)15-17(20)3/h6-8,10-11,14-16,23,28H,9,12-13H2,1-5H3/b24-22+. The number of Topliss-reactive ketones (excluding diaryl/α,β-unsaturated/α-hetero) is 1. The molecule has 0 saturated carbocycles. The summed E-state index contributed by atoms with van der Waals surface area (Å²) in [4.78, 5) is 27.6. The molecule has 1 saturated heterocycles. The van der Waals surface area contributed by atoms with Gasteiger partial charge in [-0.2, -0.15) is 0 Å². The van der Waals surface area contributed by atoms with Gasteiger partial charge in [-0.25, -0.2) is 0 Å². The molecule has 2 aromatic carbocycles. The molecule has 1 heterocycles. The summed E-state index contributed by atoms with van der Waals surface area (Å²) < 4.78 is 11.0. The Bertz CT molecular complexity index is 1030. The summed E-state index contributed by atoms with van der Waals surface area (Å²) in [6, 6.07) is 12.3. The second-order valence-corrected chi connectivity index (χ2v) is 8.31. The number of carbonyl (C=O) groups excluding carboxylic acids is 2. The highest BCUT2D eigenvalue weighted by Gasteiger charge is 2.45. The number of aliphatic hydroxyl groups excluding tert-OH is 1. The lowest BCUT2D eigenvalue weighted by Crippen LogP contribution is -2.31. The van der Waals surface area contributed by atoms with Crippen LogP contribution in [-0.4, -0.2) is 48.1 Å². The van der Waals surface area contributed by atoms with Crippen LogP contribution in [0.1, 0.15) is 48.6 Å². The minimum Gasteiger partial charge on any atom is -0.507 e. The summed E-state index contributed by atoms with van der Waals surface area (Å²) in [5.41, 5.74) is 2.99. The number of methoxy groups -OCH3 is 1. The number of aliphatic hydroxyl groups is 1. The average Bonchev–Trinajstić information content (AvgIpc) is 3.02. The van der Waals surface area contributed by atoms with E-state index in [0.29, 0.717) is 30.9 Å². The summed E-state index contributed by atoms with van der Waals surface area (Å²) in [6.45, 7) is 8.46. The van der Waals surface area contributed by atoms with Gasteiger partial charge in [-0.05, 0) is 62.9 Å². The lowest BCUT2D eigenvalue weighted by Gasteiger charge is -2.25. The highest BCUT2D eigenvalue weighted by atomic mass is 16.5. The molecule has 1 N–H and O–H groups in total. The third kappa shape index (κ3) is 4.70. The molecule has 6 nitrogen and oxygen atoms in total. The zero-order chi connectivity index (χ0) is 23.4. The Morgan fingerprint density at radius 1 is 1.09 bits per heavy atom. The fraction of sp³-hybridized carbons (Fsp3) is 0.385. The number of hydrogen-bond donors (Lipinski definition) is 1. The highest BCUT2D eigenvalue weighted by molar-refractivity contribution is 6.46. The first-order valence-corrected chi connectivity index (χ1v) is 10.9. The number of ketones is 1. The number of amides is 1. The number of carbonyl (C=O) groups is 2. The zero-order valence-electron chi connectivity index (χ0n) is 19.3. The normalized spacial score (nSPS) is 17.9. The summed E-state index contributed by atoms with van der Waals surface area (Å²) in [6.07, 6.45) is 0.687. The number of aryl methyl sites for hydroxylation is 2. The Labute approximate surface area is 189 Å². The molecule has 0 aromatic heterocycles. The van der Waals surface area contributed by atoms with Crippen molar-refractivity contribution in [1.29, 1.82) is 0 Å². The molecule has 1 aliphatic heterocycles. The van der Waals surface area contributed by atoms with Crippen LogP contribution >= 0.6 is 0 Å². The quantitative estimate of drug-likeness (QED) is 0.284. The lowest BCUT2D eigenvalue weighted by atomic mass is 9.93. The van der Waals surface area contributed by atoms with Crippen LogP contribution in [0.3, 0.4) is 0 Å². The molecule has 0 spiro atoms. The molecule has 2 aromatic rings. The topological polar surface area (TPSA) is 76.1 Å². The van der Waals surface area contributed by atoms with Gasteiger partial charge in [0.25, 0.3) is 11.7 Å². The molecule has 1 aliphatic rings. The molecular weight excluding hydrogens is 406 g/mol. The van der Waals surface area contributed by atoms with Crippen molar-refractivity contribution in [3.8, 4) is 5.75 Å². The predicted octanol–water partition coefficient (Wildman–Crippen LogP) is 4.55. The average molecular weight is 438 g/mol. The number of nitrogens with zero attached hydrogens (tertiary/aromatic N) is 1. The number of likely N-dealkylation sites (tertiary alicyclic amines) is 1. The van der Waals surface area contributed by atoms with Crippen molar-refractivity contribution in [1.82, 2.24) is 4.90 Å². The first kappa shape index (κ1) is 23.5. The molecule has 0 radical (unpaired) electrons. The molecule has 1 atom stereocenters. The van der Waals surface area contributed by atoms with Crippen molar-refractivity contribution >= 4 is 17.4 Å². The Balaban J connectivity index is 2.07. The summed E-state index contributed by atoms with van der Waals surface area (Å²) in [7, 11) is 1.59. The van der Waals surface area contributed by atoms with Crippen LogP contribution in [0, 0.1) is 13.8 Å². The van der Waals surface area contributed by atoms with E-state index >= 15 is 0 Å². The number of rotatable bonds is 8. The molecular formula is C26H31NO5. The van der Waals surface area contributed by atoms with E-state index in [4.69, 9.17) is 9.47 Å². The molecule has 1 amide bonds. The van der Waals surface area contributed by atoms with Crippen molar-refractivity contribution in [2.75, 3.05) is 20.3 Å². The van der Waals surface area contributed by atoms with E-state index in [1.165, 1.54) is 0 Å². The molecule has 0 aliphatic carbocycles. The summed E-state index contributed by atoms with van der Waals surface area (Å²) in [5, 5.41) is 11.3. The molecule has 1 fully saturated rings. The van der Waals surface area contributed by atoms with Crippen LogP contribution in [0.5, 0.6) is 5.75 Å². The van der Waals surface area contributed by atoms with Gasteiger partial charge in [0, 0.05) is 18.7 Å². The minimum atomic E-state index is -0.672. The van der Waals surface area contributed by atoms with Crippen LogP contribution in [0.25, 0.3) is 5.76 Å². The van der Waals surface area contributed by atoms with Gasteiger partial charge in [0.2, 0.25) is 0 Å². The molecule has 32 heavy (non-hydrogen) atoms. The SMILES string of the molecule is COc1cc(C)c(/C(O)=C2\C(=O)C(=O)N(CCCOC(C)C)C2c2ccccc2)cc1C. The Kier molecular flexibility index (Phi) is 7.36. The van der Waals surface area contributed by atoms with Crippen molar-refractivity contribution < 1.29 is 24.2 Å². The molecule has 3 rings (SSSR count). The van der Waals surface area contributed by atoms with Crippen LogP contribution in [0.15, 0.2) is 48.0 Å². The molecule has 1 unspecified atom stereocenters. The van der Waals surface area contributed by atoms with E-state index in [1.807, 2.05) is 64.1 Å². The van der Waals surface area contributed by atoms with E-state index < -0.39 is 17.7 Å². The number of benzene rings is 2. The van der Waals surface area contributed by atoms with E-state index in [9.17, 15) is 14.7 Å². The van der Waals surface area contributed by atoms with Gasteiger partial charge < -0.3 is 19.5 Å². The Hall–Kier alpha value is -3.12. The van der Waals surface area contributed by atoms with Gasteiger partial charge in [0.1, 0.15) is 11.5 Å². The monoisotopic (exact) mass is 437 g/mol. The van der Waals surface area contributed by atoms with Crippen molar-refractivity contribution in [3.63, 3.8) is 0 Å². The van der Waals surface area contributed by atoms with Crippen molar-refractivity contribution in [2.45, 2.75) is 46.3 Å². The maximum absolute atomic E-state index is 13.1. The predicted molar refractivity (Wildman–Crippen MR) is 124 cm³/mol. The molecule has 170 valence electrons. The zero-order valence-corrected chi connectivity index (χ0v) is 19.3. The second-order valence-electron chi connectivity index (χ2n) is 8.31. The molecule has 6 heteroatoms. The van der Waals surface area contributed by atoms with Gasteiger partial charge in [-0.1, -0.05) is 30.3 Å². The van der Waals surface area contributed by atoms with Gasteiger partial charge in [0.15, 0.2) is 0 Å².